The highest BCUT2D eigenvalue weighted by atomic mass is 79.9. The summed E-state index contributed by atoms with van der Waals surface area (Å²) in [6, 6.07) is 6.21. The number of alkyl halides is 1. The molecule has 0 aliphatic carbocycles. The molecule has 1 aromatic carbocycles. The lowest BCUT2D eigenvalue weighted by Gasteiger charge is -2.11. The van der Waals surface area contributed by atoms with Crippen molar-refractivity contribution in [3.63, 3.8) is 0 Å². The van der Waals surface area contributed by atoms with Gasteiger partial charge in [-0.3, -0.25) is 0 Å². The molecule has 1 atom stereocenters. The first-order valence-electron chi connectivity index (χ1n) is 5.17. The molecule has 5 heteroatoms. The topological polar surface area (TPSA) is 46.2 Å². The largest absolute Gasteiger partial charge is 0.241 e. The van der Waals surface area contributed by atoms with Crippen molar-refractivity contribution in [3.05, 3.63) is 29.8 Å². The number of rotatable bonds is 5. The molecule has 0 aromatic heterocycles. The first kappa shape index (κ1) is 14.2. The van der Waals surface area contributed by atoms with Crippen LogP contribution in [0.15, 0.2) is 29.2 Å². The van der Waals surface area contributed by atoms with Gasteiger partial charge in [0, 0.05) is 5.33 Å². The van der Waals surface area contributed by atoms with Gasteiger partial charge in [-0.1, -0.05) is 40.9 Å². The van der Waals surface area contributed by atoms with Crippen LogP contribution in [0.25, 0.3) is 0 Å². The zero-order valence-corrected chi connectivity index (χ0v) is 11.9. The average molecular weight is 316 g/mol. The molecule has 0 aliphatic heterocycles. The van der Waals surface area contributed by atoms with Crippen LogP contribution in [0.4, 0.5) is 0 Å². The maximum absolute atomic E-state index is 11.9. The predicted octanol–water partition coefficient (Wildman–Crippen LogP) is 2.27. The lowest BCUT2D eigenvalue weighted by molar-refractivity contribution is 0.570. The Bertz CT molecular complexity index is 502. The number of nitrogens with one attached hydrogen (secondary N) is 1. The third-order valence-electron chi connectivity index (χ3n) is 2.29. The lowest BCUT2D eigenvalue weighted by Crippen LogP contribution is -2.33. The van der Waals surface area contributed by atoms with E-state index in [-0.39, 0.29) is 4.90 Å². The fourth-order valence-electron chi connectivity index (χ4n) is 1.25. The van der Waals surface area contributed by atoms with Gasteiger partial charge in [0.05, 0.1) is 10.9 Å². The highest BCUT2D eigenvalue weighted by Gasteiger charge is 2.17. The summed E-state index contributed by atoms with van der Waals surface area (Å²) in [7, 11) is -3.52. The molecule has 0 bridgehead atoms. The molecule has 1 N–H and O–H groups in total. The number of sulfonamides is 1. The van der Waals surface area contributed by atoms with Crippen LogP contribution in [-0.2, 0) is 15.4 Å². The van der Waals surface area contributed by atoms with Crippen LogP contribution in [0.2, 0.25) is 0 Å². The van der Waals surface area contributed by atoms with E-state index in [1.54, 1.807) is 24.3 Å². The molecule has 0 saturated heterocycles. The minimum Gasteiger partial charge on any atom is -0.207 e. The summed E-state index contributed by atoms with van der Waals surface area (Å²) in [6.07, 6.45) is 5.80. The van der Waals surface area contributed by atoms with Crippen LogP contribution in [0.5, 0.6) is 0 Å². The summed E-state index contributed by atoms with van der Waals surface area (Å²) in [5.74, 6) is 2.40. The third-order valence-corrected chi connectivity index (χ3v) is 4.43. The normalized spacial score (nSPS) is 13.0. The summed E-state index contributed by atoms with van der Waals surface area (Å²) < 4.78 is 26.4. The van der Waals surface area contributed by atoms with Gasteiger partial charge in [-0.25, -0.2) is 8.42 Å². The zero-order valence-electron chi connectivity index (χ0n) is 9.48. The molecule has 92 valence electrons. The van der Waals surface area contributed by atoms with Gasteiger partial charge in [-0.15, -0.1) is 6.42 Å². The minimum absolute atomic E-state index is 0.232. The Morgan fingerprint density at radius 2 is 2.00 bits per heavy atom. The van der Waals surface area contributed by atoms with Crippen LogP contribution in [0.1, 0.15) is 18.9 Å². The molecule has 1 rings (SSSR count). The standard InChI is InChI=1S/C12H14BrNO2S/c1-3-11(4-2)14-17(15,16)12-7-5-10(9-13)6-8-12/h1,5-8,11,14H,4,9H2,2H3. The quantitative estimate of drug-likeness (QED) is 0.669. The molecule has 0 fully saturated rings. The van der Waals surface area contributed by atoms with E-state index < -0.39 is 16.1 Å². The molecular formula is C12H14BrNO2S. The van der Waals surface area contributed by atoms with Gasteiger partial charge in [-0.2, -0.15) is 4.72 Å². The van der Waals surface area contributed by atoms with Crippen molar-refractivity contribution in [2.24, 2.45) is 0 Å². The molecule has 0 radical (unpaired) electrons. The molecule has 0 aliphatic rings. The van der Waals surface area contributed by atoms with E-state index in [0.717, 1.165) is 5.56 Å². The first-order valence-corrected chi connectivity index (χ1v) is 7.77. The van der Waals surface area contributed by atoms with Crippen molar-refractivity contribution >= 4 is 26.0 Å². The van der Waals surface area contributed by atoms with Gasteiger partial charge in [0.25, 0.3) is 0 Å². The summed E-state index contributed by atoms with van der Waals surface area (Å²) in [6.45, 7) is 1.83. The molecule has 0 amide bonds. The van der Waals surface area contributed by atoms with Crippen LogP contribution in [-0.4, -0.2) is 14.5 Å². The summed E-state index contributed by atoms with van der Waals surface area (Å²) >= 11 is 3.30. The second-order valence-corrected chi connectivity index (χ2v) is 5.80. The number of benzene rings is 1. The molecule has 0 heterocycles. The zero-order chi connectivity index (χ0) is 12.9. The smallest absolute Gasteiger partial charge is 0.207 e. The Balaban J connectivity index is 2.93. The Morgan fingerprint density at radius 1 is 1.41 bits per heavy atom. The van der Waals surface area contributed by atoms with Gasteiger partial charge in [0.15, 0.2) is 0 Å². The fraction of sp³-hybridized carbons (Fsp3) is 0.333. The molecular weight excluding hydrogens is 302 g/mol. The Hall–Kier alpha value is -0.830. The minimum atomic E-state index is -3.52. The summed E-state index contributed by atoms with van der Waals surface area (Å²) in [5, 5.41) is 0.697. The number of halogens is 1. The predicted molar refractivity (Wildman–Crippen MR) is 72.3 cm³/mol. The van der Waals surface area contributed by atoms with Crippen LogP contribution in [0.3, 0.4) is 0 Å². The van der Waals surface area contributed by atoms with Crippen molar-refractivity contribution in [1.29, 1.82) is 0 Å². The van der Waals surface area contributed by atoms with E-state index in [1.165, 1.54) is 0 Å². The monoisotopic (exact) mass is 315 g/mol. The number of hydrogen-bond donors (Lipinski definition) is 1. The van der Waals surface area contributed by atoms with Gasteiger partial charge < -0.3 is 0 Å². The average Bonchev–Trinajstić information content (AvgIpc) is 2.36. The van der Waals surface area contributed by atoms with E-state index >= 15 is 0 Å². The van der Waals surface area contributed by atoms with E-state index in [9.17, 15) is 8.42 Å². The second kappa shape index (κ2) is 6.20. The fourth-order valence-corrected chi connectivity index (χ4v) is 2.86. The molecule has 0 spiro atoms. The Labute approximate surface area is 111 Å². The van der Waals surface area contributed by atoms with E-state index in [0.29, 0.717) is 11.8 Å². The first-order chi connectivity index (χ1) is 8.03. The van der Waals surface area contributed by atoms with Crippen LogP contribution in [0, 0.1) is 12.3 Å². The molecule has 0 saturated carbocycles. The van der Waals surface area contributed by atoms with Gasteiger partial charge in [0.1, 0.15) is 0 Å². The molecule has 17 heavy (non-hydrogen) atoms. The summed E-state index contributed by atoms with van der Waals surface area (Å²) in [5.41, 5.74) is 1.02. The molecule has 3 nitrogen and oxygen atoms in total. The van der Waals surface area contributed by atoms with Crippen molar-refractivity contribution in [2.75, 3.05) is 0 Å². The van der Waals surface area contributed by atoms with Crippen LogP contribution < -0.4 is 4.72 Å². The number of hydrogen-bond acceptors (Lipinski definition) is 2. The SMILES string of the molecule is C#CC(CC)NS(=O)(=O)c1ccc(CBr)cc1. The van der Waals surface area contributed by atoms with E-state index in [1.807, 2.05) is 6.92 Å². The Morgan fingerprint density at radius 3 is 2.41 bits per heavy atom. The van der Waals surface area contributed by atoms with Crippen molar-refractivity contribution in [2.45, 2.75) is 29.6 Å². The van der Waals surface area contributed by atoms with Gasteiger partial charge >= 0.3 is 0 Å². The van der Waals surface area contributed by atoms with Gasteiger partial charge in [-0.05, 0) is 24.1 Å². The maximum Gasteiger partial charge on any atom is 0.241 e. The van der Waals surface area contributed by atoms with Gasteiger partial charge in [0.2, 0.25) is 10.0 Å². The van der Waals surface area contributed by atoms with E-state index in [4.69, 9.17) is 6.42 Å². The van der Waals surface area contributed by atoms with Crippen molar-refractivity contribution in [3.8, 4) is 12.3 Å². The molecule has 1 unspecified atom stereocenters. The highest BCUT2D eigenvalue weighted by molar-refractivity contribution is 9.08. The maximum atomic E-state index is 11.9. The second-order valence-electron chi connectivity index (χ2n) is 3.53. The highest BCUT2D eigenvalue weighted by Crippen LogP contribution is 2.13. The lowest BCUT2D eigenvalue weighted by atomic mass is 10.2. The van der Waals surface area contributed by atoms with Crippen molar-refractivity contribution in [1.82, 2.24) is 4.72 Å². The Kier molecular flexibility index (Phi) is 5.19. The number of terminal acetylenes is 1. The van der Waals surface area contributed by atoms with E-state index in [2.05, 4.69) is 26.6 Å². The molecule has 1 aromatic rings. The third kappa shape index (κ3) is 3.84. The van der Waals surface area contributed by atoms with Crippen LogP contribution >= 0.6 is 15.9 Å². The van der Waals surface area contributed by atoms with Crippen molar-refractivity contribution < 1.29 is 8.42 Å². The summed E-state index contributed by atoms with van der Waals surface area (Å²) in [4.78, 5) is 0.232.